The Bertz CT molecular complexity index is 1500. The molecule has 0 unspecified atom stereocenters. The minimum Gasteiger partial charge on any atom is -0.480 e. The number of fused-ring (bicyclic) bond motifs is 1. The molecule has 0 fully saturated rings. The highest BCUT2D eigenvalue weighted by molar-refractivity contribution is 6.30. The molecule has 0 atom stereocenters. The minimum atomic E-state index is -1.30. The number of aromatic nitrogens is 4. The van der Waals surface area contributed by atoms with Crippen LogP contribution in [0.25, 0.3) is 22.2 Å². The van der Waals surface area contributed by atoms with Gasteiger partial charge in [-0.1, -0.05) is 23.7 Å². The van der Waals surface area contributed by atoms with Gasteiger partial charge in [-0.05, 0) is 23.8 Å². The van der Waals surface area contributed by atoms with E-state index in [0.717, 1.165) is 10.1 Å². The topological polar surface area (TPSA) is 139 Å². The van der Waals surface area contributed by atoms with E-state index in [1.807, 2.05) is 0 Å². The van der Waals surface area contributed by atoms with E-state index >= 15 is 0 Å². The minimum absolute atomic E-state index is 0.00819. The lowest BCUT2D eigenvalue weighted by Gasteiger charge is -2.12. The summed E-state index contributed by atoms with van der Waals surface area (Å²) in [6, 6.07) is 7.95. The summed E-state index contributed by atoms with van der Waals surface area (Å²) >= 11 is 5.86. The number of nitrogens with zero attached hydrogens (tertiary/aromatic N) is 3. The predicted molar refractivity (Wildman–Crippen MR) is 121 cm³/mol. The molecule has 11 heteroatoms. The number of carbonyl (C=O) groups excluding carboxylic acids is 1. The van der Waals surface area contributed by atoms with E-state index in [2.05, 4.69) is 15.4 Å². The highest BCUT2D eigenvalue weighted by Gasteiger charge is 2.20. The van der Waals surface area contributed by atoms with Gasteiger partial charge in [0.1, 0.15) is 17.8 Å². The first-order valence-corrected chi connectivity index (χ1v) is 10.1. The number of H-pyrrole nitrogens is 1. The van der Waals surface area contributed by atoms with Gasteiger partial charge in [-0.25, -0.2) is 0 Å². The van der Waals surface area contributed by atoms with Crippen molar-refractivity contribution in [3.05, 3.63) is 85.6 Å². The molecule has 0 bridgehead atoms. The van der Waals surface area contributed by atoms with Crippen molar-refractivity contribution < 1.29 is 14.7 Å². The van der Waals surface area contributed by atoms with E-state index in [9.17, 15) is 24.3 Å². The number of carboxylic acid groups (broad SMARTS) is 1. The van der Waals surface area contributed by atoms with Crippen LogP contribution in [-0.2, 0) is 24.9 Å². The lowest BCUT2D eigenvalue weighted by Crippen LogP contribution is -2.35. The fourth-order valence-electron chi connectivity index (χ4n) is 3.45. The lowest BCUT2D eigenvalue weighted by molar-refractivity contribution is -0.137. The number of aromatic amines is 1. The summed E-state index contributed by atoms with van der Waals surface area (Å²) in [5, 5.41) is 16.5. The third-order valence-electron chi connectivity index (χ3n) is 5.05. The number of benzene rings is 1. The number of carbonyl (C=O) groups is 2. The van der Waals surface area contributed by atoms with E-state index in [1.54, 1.807) is 37.5 Å². The molecule has 3 aromatic heterocycles. The van der Waals surface area contributed by atoms with Gasteiger partial charge in [-0.15, -0.1) is 0 Å². The van der Waals surface area contributed by atoms with E-state index in [1.165, 1.54) is 23.1 Å². The van der Waals surface area contributed by atoms with Crippen LogP contribution in [0.15, 0.2) is 58.5 Å². The SMILES string of the molecule is Cn1cc(-c2c[nH]c3c(cc(C(=O)NCc4ccc(Cl)cc4)c(=O)n3CC(=O)O)c2=O)cn1. The highest BCUT2D eigenvalue weighted by atomic mass is 35.5. The number of hydrogen-bond donors (Lipinski definition) is 3. The van der Waals surface area contributed by atoms with Crippen LogP contribution in [0, 0.1) is 0 Å². The van der Waals surface area contributed by atoms with Crippen LogP contribution in [0.4, 0.5) is 0 Å². The second kappa shape index (κ2) is 8.75. The molecule has 10 nitrogen and oxygen atoms in total. The monoisotopic (exact) mass is 467 g/mol. The Hall–Kier alpha value is -4.18. The molecule has 33 heavy (non-hydrogen) atoms. The molecule has 1 aromatic carbocycles. The number of hydrogen-bond acceptors (Lipinski definition) is 5. The first-order chi connectivity index (χ1) is 15.7. The smallest absolute Gasteiger partial charge is 0.323 e. The maximum absolute atomic E-state index is 13.2. The molecule has 168 valence electrons. The van der Waals surface area contributed by atoms with Crippen LogP contribution in [0.3, 0.4) is 0 Å². The number of aryl methyl sites for hydroxylation is 1. The van der Waals surface area contributed by atoms with Crippen LogP contribution < -0.4 is 16.3 Å². The zero-order valence-electron chi connectivity index (χ0n) is 17.3. The Morgan fingerprint density at radius 2 is 1.94 bits per heavy atom. The maximum Gasteiger partial charge on any atom is 0.323 e. The number of pyridine rings is 2. The van der Waals surface area contributed by atoms with Crippen molar-refractivity contribution in [1.82, 2.24) is 24.6 Å². The Morgan fingerprint density at radius 3 is 2.58 bits per heavy atom. The van der Waals surface area contributed by atoms with Crippen molar-refractivity contribution in [3.63, 3.8) is 0 Å². The van der Waals surface area contributed by atoms with Crippen LogP contribution in [0.2, 0.25) is 5.02 Å². The quantitative estimate of drug-likeness (QED) is 0.395. The van der Waals surface area contributed by atoms with Crippen molar-refractivity contribution in [2.45, 2.75) is 13.1 Å². The van der Waals surface area contributed by atoms with E-state index < -0.39 is 29.4 Å². The number of amides is 1. The Kier molecular flexibility index (Phi) is 5.84. The molecule has 3 heterocycles. The molecule has 4 rings (SSSR count). The van der Waals surface area contributed by atoms with Crippen molar-refractivity contribution in [3.8, 4) is 11.1 Å². The largest absolute Gasteiger partial charge is 0.480 e. The number of aliphatic carboxylic acids is 1. The predicted octanol–water partition coefficient (Wildman–Crippen LogP) is 1.76. The fraction of sp³-hybridized carbons (Fsp3) is 0.136. The first kappa shape index (κ1) is 22.0. The Balaban J connectivity index is 1.81. The summed E-state index contributed by atoms with van der Waals surface area (Å²) in [5.74, 6) is -2.03. The fourth-order valence-corrected chi connectivity index (χ4v) is 3.58. The second-order valence-electron chi connectivity index (χ2n) is 7.35. The summed E-state index contributed by atoms with van der Waals surface area (Å²) in [6.07, 6.45) is 4.53. The number of nitrogens with one attached hydrogen (secondary N) is 2. The molecular weight excluding hydrogens is 450 g/mol. The molecular formula is C22H18ClN5O5. The molecule has 1 amide bonds. The maximum atomic E-state index is 13.2. The molecule has 0 radical (unpaired) electrons. The van der Waals surface area contributed by atoms with Gasteiger partial charge in [0.15, 0.2) is 5.43 Å². The zero-order chi connectivity index (χ0) is 23.7. The highest BCUT2D eigenvalue weighted by Crippen LogP contribution is 2.17. The Morgan fingerprint density at radius 1 is 1.21 bits per heavy atom. The van der Waals surface area contributed by atoms with Gasteiger partial charge in [-0.2, -0.15) is 5.10 Å². The third kappa shape index (κ3) is 4.41. The molecule has 4 aromatic rings. The summed E-state index contributed by atoms with van der Waals surface area (Å²) in [4.78, 5) is 53.2. The number of carboxylic acids is 1. The lowest BCUT2D eigenvalue weighted by atomic mass is 10.1. The summed E-state index contributed by atoms with van der Waals surface area (Å²) in [5.41, 5.74) is -0.0862. The van der Waals surface area contributed by atoms with Gasteiger partial charge in [0.2, 0.25) is 0 Å². The second-order valence-corrected chi connectivity index (χ2v) is 7.79. The zero-order valence-corrected chi connectivity index (χ0v) is 18.1. The summed E-state index contributed by atoms with van der Waals surface area (Å²) in [6.45, 7) is -0.617. The van der Waals surface area contributed by atoms with Gasteiger partial charge >= 0.3 is 5.97 Å². The molecule has 0 aliphatic carbocycles. The van der Waals surface area contributed by atoms with Crippen molar-refractivity contribution in [1.29, 1.82) is 0 Å². The van der Waals surface area contributed by atoms with E-state index in [-0.39, 0.29) is 28.7 Å². The Labute approximate surface area is 191 Å². The summed E-state index contributed by atoms with van der Waals surface area (Å²) < 4.78 is 2.39. The standard InChI is InChI=1S/C22H18ClN5O5/c1-27-10-13(8-26-27)17-9-24-20-15(19(17)31)6-16(22(33)28(20)11-18(29)30)21(32)25-7-12-2-4-14(23)5-3-12/h2-6,8-10H,7,11H2,1H3,(H,24,31)(H,25,32)(H,29,30). The molecule has 0 spiro atoms. The van der Waals surface area contributed by atoms with Crippen molar-refractivity contribution in [2.24, 2.45) is 7.05 Å². The van der Waals surface area contributed by atoms with Crippen LogP contribution >= 0.6 is 11.6 Å². The van der Waals surface area contributed by atoms with Crippen molar-refractivity contribution >= 4 is 34.5 Å². The van der Waals surface area contributed by atoms with Gasteiger partial charge in [0.05, 0.1) is 11.6 Å². The van der Waals surface area contributed by atoms with Gasteiger partial charge in [0.25, 0.3) is 11.5 Å². The van der Waals surface area contributed by atoms with Gasteiger partial charge in [0, 0.05) is 42.1 Å². The molecule has 3 N–H and O–H groups in total. The van der Waals surface area contributed by atoms with Gasteiger partial charge < -0.3 is 15.4 Å². The van der Waals surface area contributed by atoms with Crippen LogP contribution in [0.5, 0.6) is 0 Å². The van der Waals surface area contributed by atoms with Gasteiger partial charge in [-0.3, -0.25) is 28.4 Å². The first-order valence-electron chi connectivity index (χ1n) is 9.77. The van der Waals surface area contributed by atoms with Crippen LogP contribution in [-0.4, -0.2) is 36.3 Å². The molecule has 0 saturated heterocycles. The van der Waals surface area contributed by atoms with E-state index in [4.69, 9.17) is 11.6 Å². The van der Waals surface area contributed by atoms with Crippen molar-refractivity contribution in [2.75, 3.05) is 0 Å². The average Bonchev–Trinajstić information content (AvgIpc) is 3.21. The number of rotatable bonds is 6. The third-order valence-corrected chi connectivity index (χ3v) is 5.30. The van der Waals surface area contributed by atoms with Crippen LogP contribution in [0.1, 0.15) is 15.9 Å². The van der Waals surface area contributed by atoms with E-state index in [0.29, 0.717) is 10.6 Å². The molecule has 0 aliphatic rings. The number of halogens is 1. The molecule has 0 saturated carbocycles. The average molecular weight is 468 g/mol. The normalized spacial score (nSPS) is 11.0. The molecule has 0 aliphatic heterocycles. The summed E-state index contributed by atoms with van der Waals surface area (Å²) in [7, 11) is 1.70.